The number of piperidine rings is 1. The summed E-state index contributed by atoms with van der Waals surface area (Å²) in [6.07, 6.45) is 3.74. The normalized spacial score (nSPS) is 16.7. The van der Waals surface area contributed by atoms with E-state index in [0.717, 1.165) is 16.6 Å². The molecule has 0 N–H and O–H groups in total. The van der Waals surface area contributed by atoms with Crippen LogP contribution in [0.1, 0.15) is 36.9 Å². The zero-order valence-electron chi connectivity index (χ0n) is 23.7. The number of ether oxygens (including phenoxy) is 1. The van der Waals surface area contributed by atoms with Crippen LogP contribution in [-0.2, 0) is 33.7 Å². The van der Waals surface area contributed by atoms with Gasteiger partial charge in [-0.1, -0.05) is 48.0 Å². The van der Waals surface area contributed by atoms with E-state index in [1.54, 1.807) is 11.8 Å². The van der Waals surface area contributed by atoms with Crippen molar-refractivity contribution in [3.05, 3.63) is 91.5 Å². The van der Waals surface area contributed by atoms with E-state index in [1.807, 2.05) is 23.1 Å². The van der Waals surface area contributed by atoms with E-state index in [-0.39, 0.29) is 47.2 Å². The summed E-state index contributed by atoms with van der Waals surface area (Å²) in [6, 6.07) is 11.5. The zero-order valence-corrected chi connectivity index (χ0v) is 24.5. The number of carbonyl (C=O) groups excluding carboxylic acids is 2. The number of nitrogens with zero attached hydrogens (tertiary/aromatic N) is 4. The van der Waals surface area contributed by atoms with E-state index in [9.17, 15) is 23.6 Å². The SMILES string of the molecule is COC[C@H](C)n1c(=O)c(-c2cccc(F)c2Cl)cn(CC(=O)N2CCC(N3CCc4ccccc4CC3=O)CC2)c1=O. The van der Waals surface area contributed by atoms with Gasteiger partial charge in [-0.25, -0.2) is 9.18 Å². The Morgan fingerprint density at radius 2 is 1.74 bits per heavy atom. The maximum Gasteiger partial charge on any atom is 0.331 e. The van der Waals surface area contributed by atoms with Crippen LogP contribution in [0.15, 0.2) is 58.3 Å². The molecule has 2 aliphatic heterocycles. The van der Waals surface area contributed by atoms with Crippen molar-refractivity contribution in [1.29, 1.82) is 0 Å². The van der Waals surface area contributed by atoms with Crippen molar-refractivity contribution in [2.24, 2.45) is 0 Å². The molecule has 0 saturated carbocycles. The third kappa shape index (κ3) is 5.91. The second-order valence-corrected chi connectivity index (χ2v) is 11.3. The van der Waals surface area contributed by atoms with Crippen LogP contribution in [0.5, 0.6) is 0 Å². The van der Waals surface area contributed by atoms with Gasteiger partial charge in [0, 0.05) is 44.5 Å². The van der Waals surface area contributed by atoms with E-state index >= 15 is 0 Å². The maximum atomic E-state index is 14.3. The molecule has 0 bridgehead atoms. The number of amides is 2. The van der Waals surface area contributed by atoms with E-state index in [0.29, 0.717) is 38.9 Å². The highest BCUT2D eigenvalue weighted by molar-refractivity contribution is 6.33. The lowest BCUT2D eigenvalue weighted by molar-refractivity contribution is -0.136. The molecule has 3 heterocycles. The van der Waals surface area contributed by atoms with Gasteiger partial charge in [0.15, 0.2) is 0 Å². The fraction of sp³-hybridized carbons (Fsp3) is 0.419. The number of methoxy groups -OCH3 is 1. The summed E-state index contributed by atoms with van der Waals surface area (Å²) in [5, 5.41) is -0.245. The number of aromatic nitrogens is 2. The molecule has 3 aromatic rings. The minimum absolute atomic E-state index is 0.00855. The molecule has 1 aromatic heterocycles. The quantitative estimate of drug-likeness (QED) is 0.417. The summed E-state index contributed by atoms with van der Waals surface area (Å²) in [4.78, 5) is 57.0. The molecule has 1 atom stereocenters. The molecule has 2 aliphatic rings. The van der Waals surface area contributed by atoms with Gasteiger partial charge < -0.3 is 14.5 Å². The highest BCUT2D eigenvalue weighted by Gasteiger charge is 2.31. The number of fused-ring (bicyclic) bond motifs is 1. The van der Waals surface area contributed by atoms with Crippen LogP contribution in [0.3, 0.4) is 0 Å². The number of rotatable bonds is 7. The van der Waals surface area contributed by atoms with Crippen molar-refractivity contribution >= 4 is 23.4 Å². The minimum Gasteiger partial charge on any atom is -0.383 e. The molecule has 9 nitrogen and oxygen atoms in total. The third-order valence-electron chi connectivity index (χ3n) is 8.24. The molecule has 2 amide bonds. The average molecular weight is 597 g/mol. The summed E-state index contributed by atoms with van der Waals surface area (Å²) in [6.45, 7) is 2.96. The molecule has 0 radical (unpaired) electrons. The van der Waals surface area contributed by atoms with Crippen molar-refractivity contribution in [3.63, 3.8) is 0 Å². The molecular formula is C31H34ClFN4O5. The topological polar surface area (TPSA) is 93.8 Å². The van der Waals surface area contributed by atoms with Crippen molar-refractivity contribution < 1.29 is 18.7 Å². The van der Waals surface area contributed by atoms with Crippen LogP contribution < -0.4 is 11.2 Å². The lowest BCUT2D eigenvalue weighted by Gasteiger charge is -2.38. The van der Waals surface area contributed by atoms with Gasteiger partial charge in [0.1, 0.15) is 12.4 Å². The first-order valence-corrected chi connectivity index (χ1v) is 14.5. The fourth-order valence-corrected chi connectivity index (χ4v) is 6.23. The summed E-state index contributed by atoms with van der Waals surface area (Å²) in [5.74, 6) is -0.883. The van der Waals surface area contributed by atoms with E-state index < -0.39 is 23.1 Å². The summed E-state index contributed by atoms with van der Waals surface area (Å²) in [5.41, 5.74) is 1.10. The first-order chi connectivity index (χ1) is 20.2. The van der Waals surface area contributed by atoms with Gasteiger partial charge in [0.2, 0.25) is 11.8 Å². The fourth-order valence-electron chi connectivity index (χ4n) is 6.00. The summed E-state index contributed by atoms with van der Waals surface area (Å²) in [7, 11) is 1.46. The van der Waals surface area contributed by atoms with Crippen molar-refractivity contribution in [3.8, 4) is 11.1 Å². The number of hydrogen-bond acceptors (Lipinski definition) is 5. The molecule has 42 heavy (non-hydrogen) atoms. The van der Waals surface area contributed by atoms with E-state index in [2.05, 4.69) is 6.07 Å². The lowest BCUT2D eigenvalue weighted by Crippen LogP contribution is -2.50. The molecule has 0 aliphatic carbocycles. The molecular weight excluding hydrogens is 563 g/mol. The zero-order chi connectivity index (χ0) is 30.0. The first-order valence-electron chi connectivity index (χ1n) is 14.1. The van der Waals surface area contributed by atoms with Crippen LogP contribution >= 0.6 is 11.6 Å². The Morgan fingerprint density at radius 1 is 1.02 bits per heavy atom. The molecule has 0 spiro atoms. The van der Waals surface area contributed by atoms with Gasteiger partial charge in [-0.05, 0) is 43.4 Å². The Kier molecular flexibility index (Phi) is 8.93. The summed E-state index contributed by atoms with van der Waals surface area (Å²) < 4.78 is 21.6. The van der Waals surface area contributed by atoms with Gasteiger partial charge in [-0.2, -0.15) is 0 Å². The van der Waals surface area contributed by atoms with Crippen LogP contribution in [-0.4, -0.2) is 70.1 Å². The molecule has 1 saturated heterocycles. The van der Waals surface area contributed by atoms with E-state index in [4.69, 9.17) is 16.3 Å². The number of benzene rings is 2. The molecule has 11 heteroatoms. The highest BCUT2D eigenvalue weighted by Crippen LogP contribution is 2.28. The monoisotopic (exact) mass is 596 g/mol. The smallest absolute Gasteiger partial charge is 0.331 e. The number of carbonyl (C=O) groups is 2. The molecule has 5 rings (SSSR count). The number of likely N-dealkylation sites (tertiary alicyclic amines) is 1. The van der Waals surface area contributed by atoms with Crippen molar-refractivity contribution in [2.45, 2.75) is 51.2 Å². The van der Waals surface area contributed by atoms with Gasteiger partial charge in [0.25, 0.3) is 5.56 Å². The molecule has 1 fully saturated rings. The van der Waals surface area contributed by atoms with Crippen LogP contribution in [0.25, 0.3) is 11.1 Å². The van der Waals surface area contributed by atoms with Crippen LogP contribution in [0.2, 0.25) is 5.02 Å². The standard InChI is InChI=1S/C31H34ClFN4O5/c1-20(19-42-2)37-30(40)25(24-8-5-9-26(33)29(24)32)17-35(31(37)41)18-28(39)34-13-11-23(12-14-34)36-15-10-21-6-3-4-7-22(21)16-27(36)38/h3-9,17,20,23H,10-16,18-19H2,1-2H3/t20-/m0/s1. The Balaban J connectivity index is 1.34. The second-order valence-electron chi connectivity index (χ2n) is 10.9. The largest absolute Gasteiger partial charge is 0.383 e. The van der Waals surface area contributed by atoms with E-state index in [1.165, 1.54) is 41.6 Å². The maximum absolute atomic E-state index is 14.3. The Bertz CT molecular complexity index is 1610. The predicted octanol–water partition coefficient (Wildman–Crippen LogP) is 3.30. The molecule has 0 unspecified atom stereocenters. The van der Waals surface area contributed by atoms with Gasteiger partial charge in [0.05, 0.1) is 29.7 Å². The minimum atomic E-state index is -0.700. The third-order valence-corrected chi connectivity index (χ3v) is 8.63. The Morgan fingerprint density at radius 3 is 2.45 bits per heavy atom. The second kappa shape index (κ2) is 12.6. The van der Waals surface area contributed by atoms with Crippen LogP contribution in [0.4, 0.5) is 4.39 Å². The summed E-state index contributed by atoms with van der Waals surface area (Å²) >= 11 is 6.20. The number of hydrogen-bond donors (Lipinski definition) is 0. The lowest BCUT2D eigenvalue weighted by atomic mass is 10.0. The Labute approximate surface area is 248 Å². The Hall–Kier alpha value is -3.76. The predicted molar refractivity (Wildman–Crippen MR) is 157 cm³/mol. The van der Waals surface area contributed by atoms with Crippen molar-refractivity contribution in [2.75, 3.05) is 33.4 Å². The average Bonchev–Trinajstić information content (AvgIpc) is 3.14. The highest BCUT2D eigenvalue weighted by atomic mass is 35.5. The molecule has 2 aromatic carbocycles. The molecule has 222 valence electrons. The number of halogens is 2. The van der Waals surface area contributed by atoms with Gasteiger partial charge in [-0.3, -0.25) is 23.5 Å². The van der Waals surface area contributed by atoms with Gasteiger partial charge >= 0.3 is 5.69 Å². The van der Waals surface area contributed by atoms with Crippen molar-refractivity contribution in [1.82, 2.24) is 18.9 Å². The first kappa shape index (κ1) is 29.7. The van der Waals surface area contributed by atoms with Gasteiger partial charge in [-0.15, -0.1) is 0 Å². The van der Waals surface area contributed by atoms with Crippen LogP contribution in [0, 0.1) is 5.82 Å².